The lowest BCUT2D eigenvalue weighted by Gasteiger charge is -2.29. The minimum Gasteiger partial charge on any atom is -0.494 e. The second-order valence-corrected chi connectivity index (χ2v) is 7.93. The van der Waals surface area contributed by atoms with E-state index < -0.39 is 0 Å². The van der Waals surface area contributed by atoms with Gasteiger partial charge in [0.1, 0.15) is 11.4 Å². The first-order valence-corrected chi connectivity index (χ1v) is 10.8. The van der Waals surface area contributed by atoms with Gasteiger partial charge in [-0.3, -0.25) is 9.59 Å². The zero-order chi connectivity index (χ0) is 22.0. The van der Waals surface area contributed by atoms with E-state index in [1.54, 1.807) is 18.2 Å². The molecule has 2 aliphatic rings. The Balaban J connectivity index is 1.77. The molecule has 0 bridgehead atoms. The van der Waals surface area contributed by atoms with Gasteiger partial charge in [0.05, 0.1) is 31.1 Å². The predicted molar refractivity (Wildman–Crippen MR) is 120 cm³/mol. The highest BCUT2D eigenvalue weighted by Crippen LogP contribution is 2.38. The zero-order valence-electron chi connectivity index (χ0n) is 17.7. The van der Waals surface area contributed by atoms with E-state index in [-0.39, 0.29) is 11.8 Å². The van der Waals surface area contributed by atoms with E-state index in [0.717, 1.165) is 12.2 Å². The third kappa shape index (κ3) is 4.05. The maximum Gasteiger partial charge on any atom is 0.282 e. The molecule has 0 aromatic heterocycles. The van der Waals surface area contributed by atoms with Crippen molar-refractivity contribution >= 4 is 34.7 Å². The Bertz CT molecular complexity index is 1030. The summed E-state index contributed by atoms with van der Waals surface area (Å²) in [5.74, 6) is 0.0519. The number of nitrogens with zero attached hydrogens (tertiary/aromatic N) is 2. The Labute approximate surface area is 187 Å². The molecule has 0 saturated carbocycles. The number of benzene rings is 2. The molecule has 1 fully saturated rings. The summed E-state index contributed by atoms with van der Waals surface area (Å²) in [5, 5.41) is 0.511. The van der Waals surface area contributed by atoms with E-state index in [0.29, 0.717) is 66.0 Å². The van der Waals surface area contributed by atoms with Gasteiger partial charge in [-0.15, -0.1) is 0 Å². The van der Waals surface area contributed by atoms with Gasteiger partial charge in [-0.05, 0) is 48.7 Å². The van der Waals surface area contributed by atoms with Crippen LogP contribution in [0.3, 0.4) is 0 Å². The van der Waals surface area contributed by atoms with Crippen LogP contribution in [-0.2, 0) is 14.3 Å². The molecular formula is C24H25ClN2O4. The highest BCUT2D eigenvalue weighted by Gasteiger charge is 2.43. The van der Waals surface area contributed by atoms with Crippen molar-refractivity contribution in [2.24, 2.45) is 0 Å². The van der Waals surface area contributed by atoms with Gasteiger partial charge in [0.25, 0.3) is 11.8 Å². The maximum absolute atomic E-state index is 13.6. The fraction of sp³-hybridized carbons (Fsp3) is 0.333. The van der Waals surface area contributed by atoms with Crippen LogP contribution in [0.15, 0.2) is 48.2 Å². The topological polar surface area (TPSA) is 59.1 Å². The van der Waals surface area contributed by atoms with E-state index in [9.17, 15) is 9.59 Å². The lowest BCUT2D eigenvalue weighted by molar-refractivity contribution is -0.121. The molecule has 2 amide bonds. The Morgan fingerprint density at radius 1 is 1.03 bits per heavy atom. The Hall–Kier alpha value is -2.83. The van der Waals surface area contributed by atoms with Crippen LogP contribution in [0.5, 0.6) is 5.75 Å². The first kappa shape index (κ1) is 21.4. The summed E-state index contributed by atoms with van der Waals surface area (Å²) in [5.41, 5.74) is 2.69. The van der Waals surface area contributed by atoms with E-state index >= 15 is 0 Å². The summed E-state index contributed by atoms with van der Waals surface area (Å²) in [6.45, 7) is 6.61. The van der Waals surface area contributed by atoms with Crippen LogP contribution < -0.4 is 9.64 Å². The number of carbonyl (C=O) groups is 2. The highest BCUT2D eigenvalue weighted by molar-refractivity contribution is 6.46. The molecule has 162 valence electrons. The standard InChI is InChI=1S/C24H25ClN2O4/c1-3-13-31-18-9-7-17(8-10-18)21-22(26-11-14-30-15-12-26)24(29)27(23(21)28)20-6-4-5-19(25)16(20)2/h4-10H,3,11-15H2,1-2H3. The van der Waals surface area contributed by atoms with Crippen molar-refractivity contribution in [3.05, 3.63) is 64.3 Å². The molecule has 7 heteroatoms. The third-order valence-corrected chi connectivity index (χ3v) is 5.89. The van der Waals surface area contributed by atoms with Gasteiger partial charge in [-0.25, -0.2) is 4.90 Å². The fourth-order valence-corrected chi connectivity index (χ4v) is 4.02. The van der Waals surface area contributed by atoms with Gasteiger partial charge in [-0.1, -0.05) is 36.7 Å². The number of hydrogen-bond donors (Lipinski definition) is 0. The molecule has 2 aliphatic heterocycles. The van der Waals surface area contributed by atoms with Gasteiger partial charge in [0.15, 0.2) is 0 Å². The predicted octanol–water partition coefficient (Wildman–Crippen LogP) is 4.05. The quantitative estimate of drug-likeness (QED) is 0.634. The summed E-state index contributed by atoms with van der Waals surface area (Å²) in [4.78, 5) is 30.4. The molecular weight excluding hydrogens is 416 g/mol. The lowest BCUT2D eigenvalue weighted by Crippen LogP contribution is -2.40. The summed E-state index contributed by atoms with van der Waals surface area (Å²) >= 11 is 6.28. The number of carbonyl (C=O) groups excluding carboxylic acids is 2. The molecule has 0 spiro atoms. The van der Waals surface area contributed by atoms with Gasteiger partial charge >= 0.3 is 0 Å². The highest BCUT2D eigenvalue weighted by atomic mass is 35.5. The number of morpholine rings is 1. The Morgan fingerprint density at radius 2 is 1.74 bits per heavy atom. The molecule has 0 aliphatic carbocycles. The van der Waals surface area contributed by atoms with Crippen LogP contribution in [0, 0.1) is 6.92 Å². The molecule has 2 aromatic carbocycles. The van der Waals surface area contributed by atoms with E-state index in [2.05, 4.69) is 0 Å². The zero-order valence-corrected chi connectivity index (χ0v) is 18.4. The van der Waals surface area contributed by atoms with Gasteiger partial charge in [0.2, 0.25) is 0 Å². The fourth-order valence-electron chi connectivity index (χ4n) is 3.85. The van der Waals surface area contributed by atoms with Gasteiger partial charge in [-0.2, -0.15) is 0 Å². The molecule has 31 heavy (non-hydrogen) atoms. The summed E-state index contributed by atoms with van der Waals surface area (Å²) in [6, 6.07) is 12.6. The van der Waals surface area contributed by atoms with Crippen LogP contribution in [0.4, 0.5) is 5.69 Å². The summed E-state index contributed by atoms with van der Waals surface area (Å²) < 4.78 is 11.1. The van der Waals surface area contributed by atoms with Crippen molar-refractivity contribution in [2.45, 2.75) is 20.3 Å². The van der Waals surface area contributed by atoms with Crippen LogP contribution in [0.25, 0.3) is 5.57 Å². The van der Waals surface area contributed by atoms with Gasteiger partial charge < -0.3 is 14.4 Å². The molecule has 6 nitrogen and oxygen atoms in total. The van der Waals surface area contributed by atoms with Crippen LogP contribution >= 0.6 is 11.6 Å². The van der Waals surface area contributed by atoms with Crippen LogP contribution in [0.1, 0.15) is 24.5 Å². The van der Waals surface area contributed by atoms with Crippen molar-refractivity contribution in [1.29, 1.82) is 0 Å². The largest absolute Gasteiger partial charge is 0.494 e. The summed E-state index contributed by atoms with van der Waals surface area (Å²) in [6.07, 6.45) is 0.912. The van der Waals surface area contributed by atoms with Crippen molar-refractivity contribution in [1.82, 2.24) is 4.90 Å². The van der Waals surface area contributed by atoms with E-state index in [1.807, 2.05) is 43.0 Å². The SMILES string of the molecule is CCCOc1ccc(C2=C(N3CCOCC3)C(=O)N(c3cccc(Cl)c3C)C2=O)cc1. The Kier molecular flexibility index (Phi) is 6.30. The third-order valence-electron chi connectivity index (χ3n) is 5.48. The number of amides is 2. The van der Waals surface area contributed by atoms with Gasteiger partial charge in [0, 0.05) is 18.1 Å². The normalized spacial score (nSPS) is 17.0. The van der Waals surface area contributed by atoms with Crippen LogP contribution in [0.2, 0.25) is 5.02 Å². The second kappa shape index (κ2) is 9.12. The molecule has 0 N–H and O–H groups in total. The minimum atomic E-state index is -0.348. The van der Waals surface area contributed by atoms with Crippen molar-refractivity contribution in [3.63, 3.8) is 0 Å². The van der Waals surface area contributed by atoms with Crippen molar-refractivity contribution < 1.29 is 19.1 Å². The summed E-state index contributed by atoms with van der Waals surface area (Å²) in [7, 11) is 0. The first-order chi connectivity index (χ1) is 15.0. The number of ether oxygens (including phenoxy) is 2. The molecule has 2 heterocycles. The number of rotatable bonds is 6. The van der Waals surface area contributed by atoms with Crippen molar-refractivity contribution in [3.8, 4) is 5.75 Å². The van der Waals surface area contributed by atoms with E-state index in [1.165, 1.54) is 4.90 Å². The number of hydrogen-bond acceptors (Lipinski definition) is 5. The molecule has 2 aromatic rings. The monoisotopic (exact) mass is 440 g/mol. The second-order valence-electron chi connectivity index (χ2n) is 7.53. The molecule has 0 unspecified atom stereocenters. The average Bonchev–Trinajstić information content (AvgIpc) is 3.05. The molecule has 1 saturated heterocycles. The number of imide groups is 1. The number of anilines is 1. The first-order valence-electron chi connectivity index (χ1n) is 10.5. The van der Waals surface area contributed by atoms with Crippen molar-refractivity contribution in [2.75, 3.05) is 37.8 Å². The molecule has 4 rings (SSSR count). The van der Waals surface area contributed by atoms with Crippen LogP contribution in [-0.4, -0.2) is 49.6 Å². The lowest BCUT2D eigenvalue weighted by atomic mass is 10.0. The minimum absolute atomic E-state index is 0.335. The molecule has 0 atom stereocenters. The number of halogens is 1. The smallest absolute Gasteiger partial charge is 0.282 e. The average molecular weight is 441 g/mol. The maximum atomic E-state index is 13.6. The Morgan fingerprint density at radius 3 is 2.42 bits per heavy atom. The molecule has 0 radical (unpaired) electrons. The van der Waals surface area contributed by atoms with E-state index in [4.69, 9.17) is 21.1 Å².